The van der Waals surface area contributed by atoms with E-state index in [1.807, 2.05) is 37.3 Å². The third-order valence-electron chi connectivity index (χ3n) is 4.66. The van der Waals surface area contributed by atoms with Crippen LogP contribution in [0.25, 0.3) is 0 Å². The molecule has 0 saturated heterocycles. The first kappa shape index (κ1) is 19.2. The van der Waals surface area contributed by atoms with Gasteiger partial charge in [-0.2, -0.15) is 5.26 Å². The molecule has 0 atom stereocenters. The van der Waals surface area contributed by atoms with Crippen LogP contribution in [0.1, 0.15) is 28.7 Å². The molecule has 0 aliphatic carbocycles. The number of hydrogen-bond donors (Lipinski definition) is 0. The van der Waals surface area contributed by atoms with E-state index in [-0.39, 0.29) is 11.1 Å². The molecular formula is C20H20N4O4. The van der Waals surface area contributed by atoms with Gasteiger partial charge in [-0.15, -0.1) is 0 Å². The maximum Gasteiger partial charge on any atom is 0.344 e. The Morgan fingerprint density at radius 3 is 2.36 bits per heavy atom. The highest BCUT2D eigenvalue weighted by atomic mass is 16.5. The largest absolute Gasteiger partial charge is 0.454 e. The van der Waals surface area contributed by atoms with Gasteiger partial charge in [0.25, 0.3) is 0 Å². The molecule has 0 amide bonds. The Bertz CT molecular complexity index is 984. The van der Waals surface area contributed by atoms with Crippen LogP contribution in [-0.2, 0) is 16.0 Å². The van der Waals surface area contributed by atoms with Crippen molar-refractivity contribution in [2.24, 2.45) is 0 Å². The molecule has 1 aliphatic rings. The second kappa shape index (κ2) is 7.56. The molecule has 0 fully saturated rings. The lowest BCUT2D eigenvalue weighted by molar-refractivity contribution is -0.118. The number of nitrogens with zero attached hydrogens (tertiary/aromatic N) is 4. The van der Waals surface area contributed by atoms with Gasteiger partial charge in [0.1, 0.15) is 28.8 Å². The van der Waals surface area contributed by atoms with Gasteiger partial charge in [0, 0.05) is 14.1 Å². The standard InChI is InChI=1S/C20H20N4O4/c1-5-14-18(12(2)28-22-14)20(26)27-11-17(25)13(10-21)19-23(3)15-8-6-7-9-16(15)24(19)4/h6-9H,5,11H2,1-4H3. The number of anilines is 2. The predicted octanol–water partition coefficient (Wildman–Crippen LogP) is 2.59. The van der Waals surface area contributed by atoms with Gasteiger partial charge < -0.3 is 19.1 Å². The number of ether oxygens (including phenoxy) is 1. The Balaban J connectivity index is 1.82. The van der Waals surface area contributed by atoms with Crippen LogP contribution in [0.5, 0.6) is 0 Å². The van der Waals surface area contributed by atoms with E-state index in [2.05, 4.69) is 5.16 Å². The van der Waals surface area contributed by atoms with E-state index >= 15 is 0 Å². The number of fused-ring (bicyclic) bond motifs is 1. The molecule has 1 aromatic heterocycles. The van der Waals surface area contributed by atoms with E-state index in [4.69, 9.17) is 9.26 Å². The number of rotatable bonds is 5. The Morgan fingerprint density at radius 1 is 1.21 bits per heavy atom. The van der Waals surface area contributed by atoms with E-state index < -0.39 is 18.4 Å². The summed E-state index contributed by atoms with van der Waals surface area (Å²) in [6, 6.07) is 9.53. The first-order valence-corrected chi connectivity index (χ1v) is 8.77. The van der Waals surface area contributed by atoms with Crippen molar-refractivity contribution in [1.29, 1.82) is 5.26 Å². The average Bonchev–Trinajstić information content (AvgIpc) is 3.19. The summed E-state index contributed by atoms with van der Waals surface area (Å²) in [5, 5.41) is 13.4. The van der Waals surface area contributed by atoms with Crippen LogP contribution < -0.4 is 9.80 Å². The smallest absolute Gasteiger partial charge is 0.344 e. The first-order valence-electron chi connectivity index (χ1n) is 8.77. The van der Waals surface area contributed by atoms with Gasteiger partial charge in [-0.05, 0) is 25.5 Å². The molecule has 144 valence electrons. The number of carbonyl (C=O) groups excluding carboxylic acids is 2. The number of carbonyl (C=O) groups is 2. The lowest BCUT2D eigenvalue weighted by Crippen LogP contribution is -2.28. The highest BCUT2D eigenvalue weighted by molar-refractivity contribution is 6.04. The van der Waals surface area contributed by atoms with Gasteiger partial charge >= 0.3 is 5.97 Å². The van der Waals surface area contributed by atoms with E-state index in [9.17, 15) is 14.9 Å². The molecule has 0 spiro atoms. The molecule has 0 unspecified atom stereocenters. The van der Waals surface area contributed by atoms with Gasteiger partial charge in [0.05, 0.1) is 17.1 Å². The molecule has 0 radical (unpaired) electrons. The summed E-state index contributed by atoms with van der Waals surface area (Å²) in [7, 11) is 3.56. The van der Waals surface area contributed by atoms with E-state index in [1.165, 1.54) is 0 Å². The third kappa shape index (κ3) is 3.11. The molecule has 1 aliphatic heterocycles. The quantitative estimate of drug-likeness (QED) is 0.443. The van der Waals surface area contributed by atoms with E-state index in [1.54, 1.807) is 30.8 Å². The van der Waals surface area contributed by atoms with E-state index in [0.717, 1.165) is 11.4 Å². The highest BCUT2D eigenvalue weighted by Gasteiger charge is 2.32. The van der Waals surface area contributed by atoms with Crippen LogP contribution in [-0.4, -0.2) is 37.6 Å². The summed E-state index contributed by atoms with van der Waals surface area (Å²) >= 11 is 0. The van der Waals surface area contributed by atoms with Crippen molar-refractivity contribution in [3.05, 3.63) is 52.7 Å². The number of benzene rings is 1. The van der Waals surface area contributed by atoms with Crippen molar-refractivity contribution in [3.63, 3.8) is 0 Å². The number of Topliss-reactive ketones (excluding diaryl/α,β-unsaturated/α-hetero) is 1. The Labute approximate surface area is 162 Å². The molecule has 0 bridgehead atoms. The SMILES string of the molecule is CCc1noc(C)c1C(=O)OCC(=O)C(C#N)=C1N(C)c2ccccc2N1C. The molecule has 2 aromatic rings. The van der Waals surface area contributed by atoms with E-state index in [0.29, 0.717) is 23.7 Å². The van der Waals surface area contributed by atoms with Gasteiger partial charge in [-0.1, -0.05) is 24.2 Å². The second-order valence-electron chi connectivity index (χ2n) is 6.33. The lowest BCUT2D eigenvalue weighted by Gasteiger charge is -2.19. The minimum absolute atomic E-state index is 0.0771. The topological polar surface area (TPSA) is 99.7 Å². The Hall–Kier alpha value is -3.60. The van der Waals surface area contributed by atoms with Crippen molar-refractivity contribution in [3.8, 4) is 6.07 Å². The molecule has 2 heterocycles. The summed E-state index contributed by atoms with van der Waals surface area (Å²) < 4.78 is 10.2. The van der Waals surface area contributed by atoms with Gasteiger partial charge in [-0.3, -0.25) is 4.79 Å². The Morgan fingerprint density at radius 2 is 1.82 bits per heavy atom. The van der Waals surface area contributed by atoms with Gasteiger partial charge in [0.15, 0.2) is 6.61 Å². The van der Waals surface area contributed by atoms with Crippen LogP contribution in [0.4, 0.5) is 11.4 Å². The molecule has 8 heteroatoms. The first-order chi connectivity index (χ1) is 13.4. The summed E-state index contributed by atoms with van der Waals surface area (Å²) in [5.41, 5.74) is 2.38. The Kier molecular flexibility index (Phi) is 5.18. The maximum absolute atomic E-state index is 12.7. The summed E-state index contributed by atoms with van der Waals surface area (Å²) in [6.45, 7) is 2.89. The lowest BCUT2D eigenvalue weighted by atomic mass is 10.1. The summed E-state index contributed by atoms with van der Waals surface area (Å²) in [6.07, 6.45) is 0.497. The molecule has 3 rings (SSSR count). The van der Waals surface area contributed by atoms with Crippen LogP contribution in [0.2, 0.25) is 0 Å². The highest BCUT2D eigenvalue weighted by Crippen LogP contribution is 2.40. The second-order valence-corrected chi connectivity index (χ2v) is 6.33. The van der Waals surface area contributed by atoms with Crippen molar-refractivity contribution < 1.29 is 18.8 Å². The molecule has 1 aromatic carbocycles. The molecule has 8 nitrogen and oxygen atoms in total. The predicted molar refractivity (Wildman–Crippen MR) is 102 cm³/mol. The van der Waals surface area contributed by atoms with Gasteiger partial charge in [-0.25, -0.2) is 4.79 Å². The third-order valence-corrected chi connectivity index (χ3v) is 4.66. The fourth-order valence-electron chi connectivity index (χ4n) is 3.25. The van der Waals surface area contributed by atoms with Gasteiger partial charge in [0.2, 0.25) is 5.78 Å². The fraction of sp³-hybridized carbons (Fsp3) is 0.300. The normalized spacial score (nSPS) is 12.6. The molecule has 0 N–H and O–H groups in total. The average molecular weight is 380 g/mol. The summed E-state index contributed by atoms with van der Waals surface area (Å²) in [5.74, 6) is -0.494. The zero-order valence-corrected chi connectivity index (χ0v) is 16.1. The summed E-state index contributed by atoms with van der Waals surface area (Å²) in [4.78, 5) is 28.6. The van der Waals surface area contributed by atoms with Crippen LogP contribution in [0.3, 0.4) is 0 Å². The molecule has 28 heavy (non-hydrogen) atoms. The minimum atomic E-state index is -0.692. The monoisotopic (exact) mass is 380 g/mol. The van der Waals surface area contributed by atoms with Crippen molar-refractivity contribution in [1.82, 2.24) is 5.16 Å². The van der Waals surface area contributed by atoms with Crippen molar-refractivity contribution >= 4 is 23.1 Å². The van der Waals surface area contributed by atoms with Crippen molar-refractivity contribution in [2.45, 2.75) is 20.3 Å². The zero-order valence-electron chi connectivity index (χ0n) is 16.1. The van der Waals surface area contributed by atoms with Crippen LogP contribution in [0, 0.1) is 18.3 Å². The molecular weight excluding hydrogens is 360 g/mol. The zero-order chi connectivity index (χ0) is 20.4. The van der Waals surface area contributed by atoms with Crippen LogP contribution in [0.15, 0.2) is 40.2 Å². The number of ketones is 1. The fourth-order valence-corrected chi connectivity index (χ4v) is 3.25. The number of aromatic nitrogens is 1. The number of esters is 1. The number of nitriles is 1. The minimum Gasteiger partial charge on any atom is -0.454 e. The van der Waals surface area contributed by atoms with Crippen molar-refractivity contribution in [2.75, 3.05) is 30.5 Å². The number of aryl methyl sites for hydroxylation is 2. The number of hydrogen-bond acceptors (Lipinski definition) is 8. The number of para-hydroxylation sites is 2. The maximum atomic E-state index is 12.7. The molecule has 0 saturated carbocycles. The van der Waals surface area contributed by atoms with Crippen LogP contribution >= 0.6 is 0 Å².